The molecule has 0 spiro atoms. The van der Waals surface area contributed by atoms with E-state index in [0.717, 1.165) is 34.4 Å². The molecule has 1 saturated heterocycles. The molecule has 0 radical (unpaired) electrons. The topological polar surface area (TPSA) is 37.3 Å². The Bertz CT molecular complexity index is 943. The van der Waals surface area contributed by atoms with Crippen LogP contribution in [0.4, 0.5) is 4.39 Å². The lowest BCUT2D eigenvalue weighted by molar-refractivity contribution is -0.121. The van der Waals surface area contributed by atoms with Crippen molar-refractivity contribution in [3.8, 4) is 10.6 Å². The highest BCUT2D eigenvalue weighted by Gasteiger charge is 2.15. The second-order valence-corrected chi connectivity index (χ2v) is 8.70. The average molecular weight is 414 g/mol. The van der Waals surface area contributed by atoms with E-state index in [4.69, 9.17) is 0 Å². The Balaban J connectivity index is 1.39. The van der Waals surface area contributed by atoms with Crippen molar-refractivity contribution in [3.05, 3.63) is 47.6 Å². The second-order valence-electron chi connectivity index (χ2n) is 7.76. The molecule has 3 aromatic rings. The molecule has 2 aromatic heterocycles. The van der Waals surface area contributed by atoms with Gasteiger partial charge in [0.25, 0.3) is 0 Å². The van der Waals surface area contributed by atoms with E-state index in [2.05, 4.69) is 10.2 Å². The first-order valence-corrected chi connectivity index (χ1v) is 11.4. The summed E-state index contributed by atoms with van der Waals surface area (Å²) < 4.78 is 15.7. The zero-order chi connectivity index (χ0) is 20.1. The number of carbonyl (C=O) groups is 1. The Kier molecular flexibility index (Phi) is 6.62. The maximum absolute atomic E-state index is 13.7. The van der Waals surface area contributed by atoms with Gasteiger partial charge in [0.1, 0.15) is 12.4 Å². The number of thiophene rings is 1. The van der Waals surface area contributed by atoms with Gasteiger partial charge < -0.3 is 14.8 Å². The van der Waals surface area contributed by atoms with E-state index in [1.54, 1.807) is 17.4 Å². The maximum Gasteiger partial charge on any atom is 0.239 e. The maximum atomic E-state index is 13.7. The molecule has 1 aliphatic rings. The van der Waals surface area contributed by atoms with E-state index < -0.39 is 0 Å². The Morgan fingerprint density at radius 2 is 1.93 bits per heavy atom. The van der Waals surface area contributed by atoms with Gasteiger partial charge in [0.15, 0.2) is 0 Å². The van der Waals surface area contributed by atoms with Crippen molar-refractivity contribution >= 4 is 28.1 Å². The molecule has 0 aliphatic carbocycles. The third kappa shape index (κ3) is 5.06. The number of benzene rings is 1. The van der Waals surface area contributed by atoms with Gasteiger partial charge in [-0.2, -0.15) is 0 Å². The largest absolute Gasteiger partial charge is 0.355 e. The first kappa shape index (κ1) is 20.1. The third-order valence-corrected chi connectivity index (χ3v) is 6.50. The van der Waals surface area contributed by atoms with E-state index >= 15 is 0 Å². The van der Waals surface area contributed by atoms with Crippen LogP contribution in [0.2, 0.25) is 0 Å². The number of hydrogen-bond donors (Lipinski definition) is 1. The van der Waals surface area contributed by atoms with Crippen molar-refractivity contribution in [3.63, 3.8) is 0 Å². The van der Waals surface area contributed by atoms with Crippen LogP contribution in [0.5, 0.6) is 0 Å². The second kappa shape index (κ2) is 9.55. The van der Waals surface area contributed by atoms with Crippen LogP contribution in [0.25, 0.3) is 21.5 Å². The number of nitrogens with zero attached hydrogens (tertiary/aromatic N) is 2. The van der Waals surface area contributed by atoms with E-state index in [1.807, 2.05) is 28.1 Å². The van der Waals surface area contributed by atoms with Crippen molar-refractivity contribution < 1.29 is 9.18 Å². The minimum Gasteiger partial charge on any atom is -0.355 e. The predicted molar refractivity (Wildman–Crippen MR) is 118 cm³/mol. The summed E-state index contributed by atoms with van der Waals surface area (Å²) in [6.07, 6.45) is 6.24. The third-order valence-electron chi connectivity index (χ3n) is 5.61. The SMILES string of the molecule is O=C(Cn1c(-c2cccs2)cc2cc(F)ccc21)NCCCN1CCCCCC1. The molecule has 1 aromatic carbocycles. The molecule has 1 amide bonds. The average Bonchev–Trinajstić information content (AvgIpc) is 3.27. The molecule has 4 nitrogen and oxygen atoms in total. The number of rotatable bonds is 7. The first-order valence-electron chi connectivity index (χ1n) is 10.5. The lowest BCUT2D eigenvalue weighted by atomic mass is 10.2. The molecule has 1 aliphatic heterocycles. The summed E-state index contributed by atoms with van der Waals surface area (Å²) in [7, 11) is 0. The monoisotopic (exact) mass is 413 g/mol. The minimum absolute atomic E-state index is 0.000461. The number of aromatic nitrogens is 1. The van der Waals surface area contributed by atoms with E-state index in [-0.39, 0.29) is 18.3 Å². The van der Waals surface area contributed by atoms with Crippen LogP contribution in [0, 0.1) is 5.82 Å². The van der Waals surface area contributed by atoms with Crippen molar-refractivity contribution in [2.75, 3.05) is 26.2 Å². The molecule has 29 heavy (non-hydrogen) atoms. The van der Waals surface area contributed by atoms with Gasteiger partial charge in [0.2, 0.25) is 5.91 Å². The fourth-order valence-electron chi connectivity index (χ4n) is 4.13. The van der Waals surface area contributed by atoms with Crippen LogP contribution in [-0.4, -0.2) is 41.6 Å². The van der Waals surface area contributed by atoms with Crippen molar-refractivity contribution in [2.24, 2.45) is 0 Å². The van der Waals surface area contributed by atoms with E-state index in [1.165, 1.54) is 50.9 Å². The van der Waals surface area contributed by atoms with Crippen LogP contribution < -0.4 is 5.32 Å². The van der Waals surface area contributed by atoms with Crippen molar-refractivity contribution in [1.82, 2.24) is 14.8 Å². The fourth-order valence-corrected chi connectivity index (χ4v) is 4.88. The molecular formula is C23H28FN3OS. The molecule has 1 N–H and O–H groups in total. The zero-order valence-corrected chi connectivity index (χ0v) is 17.5. The molecular weight excluding hydrogens is 385 g/mol. The number of hydrogen-bond acceptors (Lipinski definition) is 3. The van der Waals surface area contributed by atoms with E-state index in [0.29, 0.717) is 6.54 Å². The highest BCUT2D eigenvalue weighted by Crippen LogP contribution is 2.31. The smallest absolute Gasteiger partial charge is 0.239 e. The Morgan fingerprint density at radius 1 is 1.10 bits per heavy atom. The normalized spacial score (nSPS) is 15.5. The Labute approximate surface area is 175 Å². The molecule has 0 saturated carbocycles. The summed E-state index contributed by atoms with van der Waals surface area (Å²) in [5.41, 5.74) is 1.84. The summed E-state index contributed by atoms with van der Waals surface area (Å²) in [4.78, 5) is 16.2. The summed E-state index contributed by atoms with van der Waals surface area (Å²) in [5.74, 6) is -0.258. The Morgan fingerprint density at radius 3 is 2.69 bits per heavy atom. The van der Waals surface area contributed by atoms with Crippen molar-refractivity contribution in [1.29, 1.82) is 0 Å². The van der Waals surface area contributed by atoms with Gasteiger partial charge in [-0.15, -0.1) is 11.3 Å². The highest BCUT2D eigenvalue weighted by molar-refractivity contribution is 7.13. The summed E-state index contributed by atoms with van der Waals surface area (Å²) in [6, 6.07) is 10.7. The Hall–Kier alpha value is -2.18. The molecule has 3 heterocycles. The quantitative estimate of drug-likeness (QED) is 0.560. The molecule has 0 bridgehead atoms. The standard InChI is InChI=1S/C23H28FN3OS/c24-19-8-9-20-18(15-19)16-21(22-7-5-14-29-22)27(20)17-23(28)25-10-6-13-26-11-3-1-2-4-12-26/h5,7-9,14-16H,1-4,6,10-13,17H2,(H,25,28). The molecule has 0 unspecified atom stereocenters. The predicted octanol–water partition coefficient (Wildman–Crippen LogP) is 4.89. The number of amides is 1. The van der Waals surface area contributed by atoms with Crippen LogP contribution in [0.1, 0.15) is 32.1 Å². The van der Waals surface area contributed by atoms with Crippen molar-refractivity contribution in [2.45, 2.75) is 38.6 Å². The highest BCUT2D eigenvalue weighted by atomic mass is 32.1. The van der Waals surface area contributed by atoms with Gasteiger partial charge >= 0.3 is 0 Å². The molecule has 154 valence electrons. The number of fused-ring (bicyclic) bond motifs is 1. The summed E-state index contributed by atoms with van der Waals surface area (Å²) in [5, 5.41) is 5.90. The van der Waals surface area contributed by atoms with Crippen LogP contribution in [-0.2, 0) is 11.3 Å². The first-order chi connectivity index (χ1) is 14.2. The number of likely N-dealkylation sites (tertiary alicyclic amines) is 1. The van der Waals surface area contributed by atoms with Gasteiger partial charge in [-0.3, -0.25) is 4.79 Å². The van der Waals surface area contributed by atoms with E-state index in [9.17, 15) is 9.18 Å². The summed E-state index contributed by atoms with van der Waals surface area (Å²) in [6.45, 7) is 4.35. The van der Waals surface area contributed by atoms with Gasteiger partial charge in [0, 0.05) is 17.4 Å². The van der Waals surface area contributed by atoms with Gasteiger partial charge in [-0.25, -0.2) is 4.39 Å². The van der Waals surface area contributed by atoms with Gasteiger partial charge in [0.05, 0.1) is 10.6 Å². The molecule has 0 atom stereocenters. The van der Waals surface area contributed by atoms with Crippen LogP contribution in [0.15, 0.2) is 41.8 Å². The van der Waals surface area contributed by atoms with Gasteiger partial charge in [-0.1, -0.05) is 18.9 Å². The lowest BCUT2D eigenvalue weighted by Gasteiger charge is -2.19. The number of carbonyl (C=O) groups excluding carboxylic acids is 1. The van der Waals surface area contributed by atoms with Crippen LogP contribution in [0.3, 0.4) is 0 Å². The summed E-state index contributed by atoms with van der Waals surface area (Å²) >= 11 is 1.62. The molecule has 4 rings (SSSR count). The number of nitrogens with one attached hydrogen (secondary N) is 1. The minimum atomic E-state index is -0.259. The number of halogens is 1. The van der Waals surface area contributed by atoms with Crippen LogP contribution >= 0.6 is 11.3 Å². The molecule has 1 fully saturated rings. The fraction of sp³-hybridized carbons (Fsp3) is 0.435. The van der Waals surface area contributed by atoms with Gasteiger partial charge in [-0.05, 0) is 74.6 Å². The molecule has 6 heteroatoms. The lowest BCUT2D eigenvalue weighted by Crippen LogP contribution is -2.32. The zero-order valence-electron chi connectivity index (χ0n) is 16.7.